The molecular weight excluding hydrogens is 136 g/mol. The van der Waals surface area contributed by atoms with Crippen molar-refractivity contribution in [2.45, 2.75) is 31.7 Å². The summed E-state index contributed by atoms with van der Waals surface area (Å²) in [6.07, 6.45) is 4.56. The number of rotatable bonds is 5. The Morgan fingerprint density at radius 3 is 2.89 bits per heavy atom. The van der Waals surface area contributed by atoms with E-state index < -0.39 is 0 Å². The molecule has 0 aromatic heterocycles. The molecule has 0 bridgehead atoms. The summed E-state index contributed by atoms with van der Waals surface area (Å²) in [5.41, 5.74) is -0.178. The molecule has 1 nitrogen and oxygen atoms in total. The SMILES string of the molecule is C=COC(Cl)CCCC. The zero-order valence-electron chi connectivity index (χ0n) is 5.77. The van der Waals surface area contributed by atoms with Crippen LogP contribution in [0.3, 0.4) is 0 Å². The zero-order valence-corrected chi connectivity index (χ0v) is 6.53. The van der Waals surface area contributed by atoms with Crippen LogP contribution in [-0.4, -0.2) is 5.56 Å². The third-order valence-electron chi connectivity index (χ3n) is 1.03. The molecule has 0 fully saturated rings. The Kier molecular flexibility index (Phi) is 5.85. The molecule has 0 aliphatic rings. The van der Waals surface area contributed by atoms with Crippen LogP contribution in [0.15, 0.2) is 12.8 Å². The molecule has 0 radical (unpaired) electrons. The minimum atomic E-state index is -0.178. The van der Waals surface area contributed by atoms with Crippen molar-refractivity contribution in [2.24, 2.45) is 0 Å². The summed E-state index contributed by atoms with van der Waals surface area (Å²) < 4.78 is 4.87. The lowest BCUT2D eigenvalue weighted by Gasteiger charge is -2.06. The van der Waals surface area contributed by atoms with Gasteiger partial charge in [0.25, 0.3) is 0 Å². The molecule has 0 aromatic carbocycles. The van der Waals surface area contributed by atoms with Gasteiger partial charge in [0.2, 0.25) is 0 Å². The van der Waals surface area contributed by atoms with Gasteiger partial charge in [-0.1, -0.05) is 31.5 Å². The van der Waals surface area contributed by atoms with Crippen molar-refractivity contribution in [2.75, 3.05) is 0 Å². The topological polar surface area (TPSA) is 9.23 Å². The van der Waals surface area contributed by atoms with Crippen LogP contribution in [0, 0.1) is 0 Å². The molecule has 2 heteroatoms. The molecule has 0 rings (SSSR count). The van der Waals surface area contributed by atoms with E-state index in [1.165, 1.54) is 6.26 Å². The van der Waals surface area contributed by atoms with Crippen molar-refractivity contribution in [3.05, 3.63) is 12.8 Å². The van der Waals surface area contributed by atoms with Crippen LogP contribution in [0.1, 0.15) is 26.2 Å². The molecule has 0 saturated heterocycles. The molecule has 0 saturated carbocycles. The van der Waals surface area contributed by atoms with Crippen molar-refractivity contribution in [1.29, 1.82) is 0 Å². The highest BCUT2D eigenvalue weighted by Crippen LogP contribution is 2.08. The van der Waals surface area contributed by atoms with Gasteiger partial charge < -0.3 is 4.74 Å². The Bertz CT molecular complexity index is 73.3. The standard InChI is InChI=1S/C7H13ClO/c1-3-5-6-7(8)9-4-2/h4,7H,2-3,5-6H2,1H3. The fraction of sp³-hybridized carbons (Fsp3) is 0.714. The van der Waals surface area contributed by atoms with Gasteiger partial charge in [0.05, 0.1) is 6.26 Å². The summed E-state index contributed by atoms with van der Waals surface area (Å²) in [6, 6.07) is 0. The van der Waals surface area contributed by atoms with Gasteiger partial charge in [-0.05, 0) is 12.8 Å². The average Bonchev–Trinajstić information content (AvgIpc) is 1.85. The van der Waals surface area contributed by atoms with E-state index in [0.29, 0.717) is 0 Å². The first-order valence-corrected chi connectivity index (χ1v) is 3.65. The van der Waals surface area contributed by atoms with E-state index in [-0.39, 0.29) is 5.56 Å². The lowest BCUT2D eigenvalue weighted by atomic mass is 10.3. The molecule has 0 aliphatic carbocycles. The molecule has 0 amide bonds. The second-order valence-electron chi connectivity index (χ2n) is 1.86. The first-order valence-electron chi connectivity index (χ1n) is 3.21. The third kappa shape index (κ3) is 5.71. The van der Waals surface area contributed by atoms with Crippen LogP contribution in [0.25, 0.3) is 0 Å². The second kappa shape index (κ2) is 5.96. The van der Waals surface area contributed by atoms with Gasteiger partial charge in [-0.3, -0.25) is 0 Å². The average molecular weight is 149 g/mol. The molecule has 0 aliphatic heterocycles. The molecule has 1 atom stereocenters. The Labute approximate surface area is 61.7 Å². The molecular formula is C7H13ClO. The number of hydrogen-bond acceptors (Lipinski definition) is 1. The fourth-order valence-electron chi connectivity index (χ4n) is 0.537. The predicted molar refractivity (Wildman–Crippen MR) is 40.4 cm³/mol. The number of unbranched alkanes of at least 4 members (excludes halogenated alkanes) is 1. The van der Waals surface area contributed by atoms with E-state index in [1.807, 2.05) is 0 Å². The van der Waals surface area contributed by atoms with Crippen molar-refractivity contribution >= 4 is 11.6 Å². The third-order valence-corrected chi connectivity index (χ3v) is 1.35. The monoisotopic (exact) mass is 148 g/mol. The van der Waals surface area contributed by atoms with Gasteiger partial charge in [-0.15, -0.1) is 0 Å². The maximum absolute atomic E-state index is 5.67. The normalized spacial score (nSPS) is 12.7. The molecule has 54 valence electrons. The summed E-state index contributed by atoms with van der Waals surface area (Å²) in [4.78, 5) is 0. The first-order chi connectivity index (χ1) is 4.31. The van der Waals surface area contributed by atoms with E-state index in [9.17, 15) is 0 Å². The minimum Gasteiger partial charge on any atom is -0.483 e. The van der Waals surface area contributed by atoms with Crippen molar-refractivity contribution in [1.82, 2.24) is 0 Å². The maximum atomic E-state index is 5.67. The largest absolute Gasteiger partial charge is 0.483 e. The van der Waals surface area contributed by atoms with Crippen molar-refractivity contribution in [3.63, 3.8) is 0 Å². The van der Waals surface area contributed by atoms with E-state index in [2.05, 4.69) is 13.5 Å². The highest BCUT2D eigenvalue weighted by molar-refractivity contribution is 6.19. The molecule has 0 aromatic rings. The van der Waals surface area contributed by atoms with Crippen LogP contribution < -0.4 is 0 Å². The Morgan fingerprint density at radius 1 is 1.78 bits per heavy atom. The number of hydrogen-bond donors (Lipinski definition) is 0. The molecule has 0 N–H and O–H groups in total. The maximum Gasteiger partial charge on any atom is 0.171 e. The van der Waals surface area contributed by atoms with Crippen LogP contribution in [-0.2, 0) is 4.74 Å². The molecule has 0 heterocycles. The Balaban J connectivity index is 3.04. The highest BCUT2D eigenvalue weighted by atomic mass is 35.5. The van der Waals surface area contributed by atoms with Crippen LogP contribution in [0.2, 0.25) is 0 Å². The van der Waals surface area contributed by atoms with Crippen molar-refractivity contribution < 1.29 is 4.74 Å². The number of alkyl halides is 1. The first kappa shape index (κ1) is 8.83. The van der Waals surface area contributed by atoms with Crippen LogP contribution in [0.5, 0.6) is 0 Å². The fourth-order valence-corrected chi connectivity index (χ4v) is 0.764. The Hall–Kier alpha value is -0.170. The Morgan fingerprint density at radius 2 is 2.44 bits per heavy atom. The zero-order chi connectivity index (χ0) is 7.11. The predicted octanol–water partition coefficient (Wildman–Crippen LogP) is 2.90. The molecule has 9 heavy (non-hydrogen) atoms. The van der Waals surface area contributed by atoms with E-state index in [0.717, 1.165) is 19.3 Å². The van der Waals surface area contributed by atoms with Gasteiger partial charge in [0.15, 0.2) is 5.56 Å². The van der Waals surface area contributed by atoms with Gasteiger partial charge in [0.1, 0.15) is 0 Å². The summed E-state index contributed by atoms with van der Waals surface area (Å²) in [7, 11) is 0. The van der Waals surface area contributed by atoms with Crippen LogP contribution in [0.4, 0.5) is 0 Å². The summed E-state index contributed by atoms with van der Waals surface area (Å²) in [6.45, 7) is 5.52. The lowest BCUT2D eigenvalue weighted by Crippen LogP contribution is -1.98. The number of ether oxygens (including phenoxy) is 1. The smallest absolute Gasteiger partial charge is 0.171 e. The van der Waals surface area contributed by atoms with Gasteiger partial charge >= 0.3 is 0 Å². The summed E-state index contributed by atoms with van der Waals surface area (Å²) in [5.74, 6) is 0. The lowest BCUT2D eigenvalue weighted by molar-refractivity contribution is 0.205. The number of halogens is 1. The minimum absolute atomic E-state index is 0.178. The second-order valence-corrected chi connectivity index (χ2v) is 2.34. The quantitative estimate of drug-likeness (QED) is 0.430. The summed E-state index contributed by atoms with van der Waals surface area (Å²) >= 11 is 5.67. The van der Waals surface area contributed by atoms with Crippen LogP contribution >= 0.6 is 11.6 Å². The van der Waals surface area contributed by atoms with Gasteiger partial charge in [0, 0.05) is 0 Å². The van der Waals surface area contributed by atoms with Crippen molar-refractivity contribution in [3.8, 4) is 0 Å². The van der Waals surface area contributed by atoms with Gasteiger partial charge in [-0.25, -0.2) is 0 Å². The van der Waals surface area contributed by atoms with E-state index in [1.54, 1.807) is 0 Å². The van der Waals surface area contributed by atoms with E-state index in [4.69, 9.17) is 16.3 Å². The highest BCUT2D eigenvalue weighted by Gasteiger charge is 1.99. The molecule has 0 spiro atoms. The van der Waals surface area contributed by atoms with E-state index >= 15 is 0 Å². The van der Waals surface area contributed by atoms with Gasteiger partial charge in [-0.2, -0.15) is 0 Å². The molecule has 1 unspecified atom stereocenters. The summed E-state index contributed by atoms with van der Waals surface area (Å²) in [5, 5.41) is 0.